The second-order valence-electron chi connectivity index (χ2n) is 7.32. The molecule has 158 valence electrons. The van der Waals surface area contributed by atoms with Gasteiger partial charge < -0.3 is 10.0 Å². The lowest BCUT2D eigenvalue weighted by Gasteiger charge is -2.24. The number of hydrogen-bond donors (Lipinski definition) is 2. The van der Waals surface area contributed by atoms with Crippen LogP contribution >= 0.6 is 0 Å². The van der Waals surface area contributed by atoms with Crippen LogP contribution in [-0.2, 0) is 11.2 Å². The fraction of sp³-hybridized carbons (Fsp3) is 0.364. The normalized spacial score (nSPS) is 14.5. The highest BCUT2D eigenvalue weighted by molar-refractivity contribution is 5.90. The van der Waals surface area contributed by atoms with E-state index in [1.54, 1.807) is 30.3 Å². The number of nitrogens with one attached hydrogen (secondary N) is 1. The van der Waals surface area contributed by atoms with Crippen molar-refractivity contribution in [3.63, 3.8) is 0 Å². The van der Waals surface area contributed by atoms with E-state index in [0.717, 1.165) is 31.6 Å². The second kappa shape index (κ2) is 10.4. The lowest BCUT2D eigenvalue weighted by molar-refractivity contribution is -0.384. The summed E-state index contributed by atoms with van der Waals surface area (Å²) < 4.78 is 0. The maximum atomic E-state index is 12.1. The molecule has 2 aromatic carbocycles. The summed E-state index contributed by atoms with van der Waals surface area (Å²) in [6.45, 7) is 1.79. The minimum atomic E-state index is -0.436. The van der Waals surface area contributed by atoms with Crippen LogP contribution < -0.4 is 10.3 Å². The zero-order valence-electron chi connectivity index (χ0n) is 16.8. The predicted octanol–water partition coefficient (Wildman–Crippen LogP) is 3.76. The standard InChI is InChI=1S/C22H26N4O4/c27-21-8-4-3-7-17(21)9-12-22(28)24-23-16-18-15-19(26(29)30)10-11-20(18)25-13-5-1-2-6-14-25/h3-4,7-8,10-11,15-16,27H,1-2,5-6,9,12-14H2,(H,24,28). The molecule has 2 N–H and O–H groups in total. The van der Waals surface area contributed by atoms with Crippen molar-refractivity contribution >= 4 is 23.5 Å². The average molecular weight is 410 g/mol. The van der Waals surface area contributed by atoms with E-state index in [1.807, 2.05) is 0 Å². The van der Waals surface area contributed by atoms with Gasteiger partial charge in [-0.15, -0.1) is 0 Å². The lowest BCUT2D eigenvalue weighted by atomic mass is 10.1. The molecule has 0 radical (unpaired) electrons. The van der Waals surface area contributed by atoms with Crippen LogP contribution in [0.5, 0.6) is 5.75 Å². The smallest absolute Gasteiger partial charge is 0.270 e. The number of aryl methyl sites for hydroxylation is 1. The van der Waals surface area contributed by atoms with Crippen molar-refractivity contribution in [2.45, 2.75) is 38.5 Å². The Bertz CT molecular complexity index is 921. The van der Waals surface area contributed by atoms with E-state index in [0.29, 0.717) is 17.5 Å². The Morgan fingerprint density at radius 3 is 2.60 bits per heavy atom. The van der Waals surface area contributed by atoms with E-state index in [1.165, 1.54) is 31.2 Å². The number of para-hydroxylation sites is 1. The lowest BCUT2D eigenvalue weighted by Crippen LogP contribution is -2.25. The third kappa shape index (κ3) is 5.79. The van der Waals surface area contributed by atoms with Crippen LogP contribution in [0.2, 0.25) is 0 Å². The highest BCUT2D eigenvalue weighted by atomic mass is 16.6. The number of non-ortho nitro benzene ring substituents is 1. The van der Waals surface area contributed by atoms with Gasteiger partial charge in [0, 0.05) is 42.9 Å². The number of phenolic OH excluding ortho intramolecular Hbond substituents is 1. The number of nitro benzene ring substituents is 1. The van der Waals surface area contributed by atoms with Crippen molar-refractivity contribution in [1.29, 1.82) is 0 Å². The average Bonchev–Trinajstić information content (AvgIpc) is 3.02. The number of rotatable bonds is 7. The van der Waals surface area contributed by atoms with E-state index >= 15 is 0 Å². The minimum absolute atomic E-state index is 0.0131. The van der Waals surface area contributed by atoms with Crippen LogP contribution in [-0.4, -0.2) is 35.2 Å². The highest BCUT2D eigenvalue weighted by Gasteiger charge is 2.16. The molecule has 2 aromatic rings. The Hall–Kier alpha value is -3.42. The molecule has 0 saturated carbocycles. The van der Waals surface area contributed by atoms with Gasteiger partial charge in [-0.1, -0.05) is 31.0 Å². The Balaban J connectivity index is 1.67. The molecular weight excluding hydrogens is 384 g/mol. The molecule has 0 aromatic heterocycles. The molecule has 1 aliphatic heterocycles. The number of nitro groups is 1. The molecule has 0 bridgehead atoms. The molecule has 1 amide bonds. The first-order chi connectivity index (χ1) is 14.5. The zero-order valence-corrected chi connectivity index (χ0v) is 16.8. The summed E-state index contributed by atoms with van der Waals surface area (Å²) in [6.07, 6.45) is 6.55. The molecule has 8 heteroatoms. The van der Waals surface area contributed by atoms with E-state index in [9.17, 15) is 20.0 Å². The number of amides is 1. The number of aromatic hydroxyl groups is 1. The molecular formula is C22H26N4O4. The summed E-state index contributed by atoms with van der Waals surface area (Å²) in [4.78, 5) is 25.1. The molecule has 1 aliphatic rings. The van der Waals surface area contributed by atoms with Crippen molar-refractivity contribution in [1.82, 2.24) is 5.43 Å². The molecule has 0 aliphatic carbocycles. The van der Waals surface area contributed by atoms with Crippen molar-refractivity contribution in [3.8, 4) is 5.75 Å². The first kappa shape index (κ1) is 21.3. The van der Waals surface area contributed by atoms with Crippen LogP contribution in [0.1, 0.15) is 43.2 Å². The van der Waals surface area contributed by atoms with E-state index in [4.69, 9.17) is 0 Å². The fourth-order valence-corrected chi connectivity index (χ4v) is 3.56. The molecule has 1 heterocycles. The Morgan fingerprint density at radius 2 is 1.90 bits per heavy atom. The summed E-state index contributed by atoms with van der Waals surface area (Å²) in [5.74, 6) is -0.135. The van der Waals surface area contributed by atoms with Crippen molar-refractivity contribution in [3.05, 3.63) is 63.7 Å². The number of nitrogens with zero attached hydrogens (tertiary/aromatic N) is 3. The Kier molecular flexibility index (Phi) is 7.37. The highest BCUT2D eigenvalue weighted by Crippen LogP contribution is 2.26. The molecule has 0 atom stereocenters. The third-order valence-electron chi connectivity index (χ3n) is 5.17. The fourth-order valence-electron chi connectivity index (χ4n) is 3.56. The Labute approximate surface area is 175 Å². The number of hydrazone groups is 1. The quantitative estimate of drug-likeness (QED) is 0.410. The topological polar surface area (TPSA) is 108 Å². The summed E-state index contributed by atoms with van der Waals surface area (Å²) in [6, 6.07) is 11.6. The monoisotopic (exact) mass is 410 g/mol. The van der Waals surface area contributed by atoms with Crippen LogP contribution in [0, 0.1) is 10.1 Å². The number of anilines is 1. The largest absolute Gasteiger partial charge is 0.508 e. The first-order valence-corrected chi connectivity index (χ1v) is 10.2. The first-order valence-electron chi connectivity index (χ1n) is 10.2. The summed E-state index contributed by atoms with van der Waals surface area (Å²) in [5, 5.41) is 25.0. The van der Waals surface area contributed by atoms with Crippen molar-refractivity contribution in [2.75, 3.05) is 18.0 Å². The van der Waals surface area contributed by atoms with Crippen LogP contribution in [0.3, 0.4) is 0 Å². The van der Waals surface area contributed by atoms with Gasteiger partial charge in [0.05, 0.1) is 11.1 Å². The van der Waals surface area contributed by atoms with Gasteiger partial charge in [0.2, 0.25) is 5.91 Å². The predicted molar refractivity (Wildman–Crippen MR) is 116 cm³/mol. The molecule has 1 saturated heterocycles. The van der Waals surface area contributed by atoms with Gasteiger partial charge in [-0.05, 0) is 37.0 Å². The minimum Gasteiger partial charge on any atom is -0.508 e. The van der Waals surface area contributed by atoms with E-state index < -0.39 is 4.92 Å². The number of phenols is 1. The SMILES string of the molecule is O=C(CCc1ccccc1O)NN=Cc1cc([N+](=O)[O-])ccc1N1CCCCCC1. The van der Waals surface area contributed by atoms with Crippen LogP contribution in [0.15, 0.2) is 47.6 Å². The molecule has 0 spiro atoms. The Morgan fingerprint density at radius 1 is 1.17 bits per heavy atom. The number of carbonyl (C=O) groups excluding carboxylic acids is 1. The molecule has 1 fully saturated rings. The maximum Gasteiger partial charge on any atom is 0.270 e. The maximum absolute atomic E-state index is 12.1. The number of carbonyl (C=O) groups is 1. The van der Waals surface area contributed by atoms with Crippen molar-refractivity contribution in [2.24, 2.45) is 5.10 Å². The van der Waals surface area contributed by atoms with Crippen molar-refractivity contribution < 1.29 is 14.8 Å². The van der Waals surface area contributed by atoms with Gasteiger partial charge in [-0.3, -0.25) is 14.9 Å². The van der Waals surface area contributed by atoms with E-state index in [-0.39, 0.29) is 23.8 Å². The molecule has 3 rings (SSSR count). The third-order valence-corrected chi connectivity index (χ3v) is 5.17. The number of benzene rings is 2. The molecule has 8 nitrogen and oxygen atoms in total. The second-order valence-corrected chi connectivity index (χ2v) is 7.32. The molecule has 0 unspecified atom stereocenters. The summed E-state index contributed by atoms with van der Waals surface area (Å²) >= 11 is 0. The van der Waals surface area contributed by atoms with Gasteiger partial charge >= 0.3 is 0 Å². The van der Waals surface area contributed by atoms with Gasteiger partial charge in [-0.2, -0.15) is 5.10 Å². The summed E-state index contributed by atoms with van der Waals surface area (Å²) in [5.41, 5.74) is 4.64. The number of hydrogen-bond acceptors (Lipinski definition) is 6. The van der Waals surface area contributed by atoms with Gasteiger partial charge in [0.1, 0.15) is 5.75 Å². The molecule has 30 heavy (non-hydrogen) atoms. The van der Waals surface area contributed by atoms with E-state index in [2.05, 4.69) is 15.4 Å². The zero-order chi connectivity index (χ0) is 21.3. The summed E-state index contributed by atoms with van der Waals surface area (Å²) in [7, 11) is 0. The van der Waals surface area contributed by atoms with Crippen LogP contribution in [0.4, 0.5) is 11.4 Å². The van der Waals surface area contributed by atoms with Gasteiger partial charge in [-0.25, -0.2) is 5.43 Å². The van der Waals surface area contributed by atoms with Crippen LogP contribution in [0.25, 0.3) is 0 Å². The van der Waals surface area contributed by atoms with Gasteiger partial charge in [0.15, 0.2) is 0 Å². The van der Waals surface area contributed by atoms with Gasteiger partial charge in [0.25, 0.3) is 5.69 Å².